The summed E-state index contributed by atoms with van der Waals surface area (Å²) in [6.07, 6.45) is 0.695. The number of carbonyl (C=O) groups is 1. The zero-order valence-electron chi connectivity index (χ0n) is 10.6. The van der Waals surface area contributed by atoms with Crippen LogP contribution in [-0.2, 0) is 4.79 Å². The van der Waals surface area contributed by atoms with Crippen LogP contribution in [0.2, 0.25) is 0 Å². The Morgan fingerprint density at radius 1 is 1.35 bits per heavy atom. The molecule has 0 fully saturated rings. The standard InChI is InChI=1S/C14H20O3/c1-9(2)11(5-7-14(16)17)12-8-10(3)4-6-13(12)15/h4,6,8-9,11,15H,5,7H2,1-3H3,(H,16,17)/t11-/m0/s1. The number of carboxylic acids is 1. The molecule has 0 unspecified atom stereocenters. The Balaban J connectivity index is 2.96. The molecule has 0 saturated heterocycles. The molecule has 0 aromatic heterocycles. The van der Waals surface area contributed by atoms with Crippen LogP contribution < -0.4 is 0 Å². The van der Waals surface area contributed by atoms with Crippen LogP contribution in [0.3, 0.4) is 0 Å². The molecule has 94 valence electrons. The molecule has 3 heteroatoms. The van der Waals surface area contributed by atoms with E-state index in [-0.39, 0.29) is 18.1 Å². The molecule has 0 heterocycles. The molecule has 1 aromatic carbocycles. The Labute approximate surface area is 102 Å². The third-order valence-electron chi connectivity index (χ3n) is 3.06. The van der Waals surface area contributed by atoms with Gasteiger partial charge in [0.05, 0.1) is 0 Å². The topological polar surface area (TPSA) is 57.5 Å². The molecular formula is C14H20O3. The Bertz CT molecular complexity index is 396. The Morgan fingerprint density at radius 2 is 2.00 bits per heavy atom. The fourth-order valence-electron chi connectivity index (χ4n) is 2.10. The predicted octanol–water partition coefficient (Wildman–Crippen LogP) is 3.31. The second kappa shape index (κ2) is 5.71. The van der Waals surface area contributed by atoms with Crippen LogP contribution in [-0.4, -0.2) is 16.2 Å². The molecular weight excluding hydrogens is 216 g/mol. The van der Waals surface area contributed by atoms with Crippen molar-refractivity contribution < 1.29 is 15.0 Å². The van der Waals surface area contributed by atoms with E-state index in [9.17, 15) is 9.90 Å². The molecule has 1 atom stereocenters. The minimum Gasteiger partial charge on any atom is -0.508 e. The normalized spacial score (nSPS) is 12.7. The number of benzene rings is 1. The molecule has 0 bridgehead atoms. The number of aliphatic carboxylic acids is 1. The van der Waals surface area contributed by atoms with Crippen molar-refractivity contribution in [2.45, 2.75) is 39.5 Å². The molecule has 0 aliphatic rings. The van der Waals surface area contributed by atoms with Crippen LogP contribution in [0.25, 0.3) is 0 Å². The van der Waals surface area contributed by atoms with Crippen LogP contribution in [0.15, 0.2) is 18.2 Å². The van der Waals surface area contributed by atoms with Crippen LogP contribution in [0.4, 0.5) is 0 Å². The average Bonchev–Trinajstić information content (AvgIpc) is 2.22. The molecule has 0 amide bonds. The van der Waals surface area contributed by atoms with Gasteiger partial charge in [-0.1, -0.05) is 31.5 Å². The van der Waals surface area contributed by atoms with E-state index in [1.807, 2.05) is 32.9 Å². The highest BCUT2D eigenvalue weighted by molar-refractivity contribution is 5.66. The number of aryl methyl sites for hydroxylation is 1. The summed E-state index contributed by atoms with van der Waals surface area (Å²) in [4.78, 5) is 10.6. The van der Waals surface area contributed by atoms with Gasteiger partial charge in [-0.15, -0.1) is 0 Å². The van der Waals surface area contributed by atoms with Crippen molar-refractivity contribution in [2.75, 3.05) is 0 Å². The summed E-state index contributed by atoms with van der Waals surface area (Å²) in [7, 11) is 0. The molecule has 2 N–H and O–H groups in total. The maximum atomic E-state index is 10.6. The van der Waals surface area contributed by atoms with Crippen molar-refractivity contribution >= 4 is 5.97 Å². The van der Waals surface area contributed by atoms with Gasteiger partial charge in [-0.05, 0) is 36.8 Å². The van der Waals surface area contributed by atoms with Crippen LogP contribution >= 0.6 is 0 Å². The molecule has 17 heavy (non-hydrogen) atoms. The van der Waals surface area contributed by atoms with Crippen LogP contribution in [0, 0.1) is 12.8 Å². The first kappa shape index (κ1) is 13.6. The van der Waals surface area contributed by atoms with E-state index >= 15 is 0 Å². The fraction of sp³-hybridized carbons (Fsp3) is 0.500. The van der Waals surface area contributed by atoms with Gasteiger partial charge in [0, 0.05) is 6.42 Å². The summed E-state index contributed by atoms with van der Waals surface area (Å²) in [6, 6.07) is 5.48. The average molecular weight is 236 g/mol. The summed E-state index contributed by atoms with van der Waals surface area (Å²) in [5, 5.41) is 18.6. The van der Waals surface area contributed by atoms with Crippen molar-refractivity contribution in [1.82, 2.24) is 0 Å². The van der Waals surface area contributed by atoms with Gasteiger partial charge in [-0.25, -0.2) is 0 Å². The molecule has 0 radical (unpaired) electrons. The lowest BCUT2D eigenvalue weighted by molar-refractivity contribution is -0.137. The first-order valence-corrected chi connectivity index (χ1v) is 5.93. The lowest BCUT2D eigenvalue weighted by Crippen LogP contribution is -2.10. The lowest BCUT2D eigenvalue weighted by atomic mass is 9.83. The van der Waals surface area contributed by atoms with Gasteiger partial charge in [0.25, 0.3) is 0 Å². The van der Waals surface area contributed by atoms with Gasteiger partial charge in [0.15, 0.2) is 0 Å². The molecule has 0 saturated carbocycles. The predicted molar refractivity (Wildman–Crippen MR) is 67.3 cm³/mol. The summed E-state index contributed by atoms with van der Waals surface area (Å²) in [6.45, 7) is 6.07. The summed E-state index contributed by atoms with van der Waals surface area (Å²) >= 11 is 0. The Kier molecular flexibility index (Phi) is 4.55. The van der Waals surface area contributed by atoms with E-state index in [1.165, 1.54) is 0 Å². The first-order chi connectivity index (χ1) is 7.91. The van der Waals surface area contributed by atoms with Crippen molar-refractivity contribution in [2.24, 2.45) is 5.92 Å². The third kappa shape index (κ3) is 3.77. The highest BCUT2D eigenvalue weighted by Gasteiger charge is 2.20. The molecule has 0 spiro atoms. The molecule has 0 aliphatic heterocycles. The number of phenols is 1. The van der Waals surface area contributed by atoms with Gasteiger partial charge in [-0.3, -0.25) is 4.79 Å². The number of hydrogen-bond donors (Lipinski definition) is 2. The van der Waals surface area contributed by atoms with Gasteiger partial charge in [-0.2, -0.15) is 0 Å². The molecule has 0 aliphatic carbocycles. The maximum absolute atomic E-state index is 10.6. The largest absolute Gasteiger partial charge is 0.508 e. The second-order valence-electron chi connectivity index (χ2n) is 4.85. The van der Waals surface area contributed by atoms with Crippen molar-refractivity contribution in [1.29, 1.82) is 0 Å². The van der Waals surface area contributed by atoms with Crippen molar-refractivity contribution in [3.63, 3.8) is 0 Å². The van der Waals surface area contributed by atoms with Gasteiger partial charge < -0.3 is 10.2 Å². The van der Waals surface area contributed by atoms with Gasteiger partial charge in [0.1, 0.15) is 5.75 Å². The van der Waals surface area contributed by atoms with E-state index in [0.29, 0.717) is 12.3 Å². The quantitative estimate of drug-likeness (QED) is 0.824. The molecule has 3 nitrogen and oxygen atoms in total. The van der Waals surface area contributed by atoms with E-state index in [1.54, 1.807) is 6.07 Å². The maximum Gasteiger partial charge on any atom is 0.303 e. The highest BCUT2D eigenvalue weighted by atomic mass is 16.4. The second-order valence-corrected chi connectivity index (χ2v) is 4.85. The van der Waals surface area contributed by atoms with Crippen molar-refractivity contribution in [3.05, 3.63) is 29.3 Å². The number of hydrogen-bond acceptors (Lipinski definition) is 2. The summed E-state index contributed by atoms with van der Waals surface area (Å²) in [5.74, 6) is -0.129. The monoisotopic (exact) mass is 236 g/mol. The van der Waals surface area contributed by atoms with Crippen LogP contribution in [0.1, 0.15) is 43.7 Å². The zero-order chi connectivity index (χ0) is 13.0. The summed E-state index contributed by atoms with van der Waals surface area (Å²) < 4.78 is 0. The van der Waals surface area contributed by atoms with E-state index in [2.05, 4.69) is 0 Å². The number of rotatable bonds is 5. The SMILES string of the molecule is Cc1ccc(O)c([C@@H](CCC(=O)O)C(C)C)c1. The van der Waals surface area contributed by atoms with E-state index in [0.717, 1.165) is 11.1 Å². The zero-order valence-corrected chi connectivity index (χ0v) is 10.6. The Hall–Kier alpha value is -1.51. The molecule has 1 aromatic rings. The number of aromatic hydroxyl groups is 1. The van der Waals surface area contributed by atoms with Crippen molar-refractivity contribution in [3.8, 4) is 5.75 Å². The lowest BCUT2D eigenvalue weighted by Gasteiger charge is -2.22. The third-order valence-corrected chi connectivity index (χ3v) is 3.06. The Morgan fingerprint density at radius 3 is 2.53 bits per heavy atom. The molecule has 1 rings (SSSR count). The van der Waals surface area contributed by atoms with Gasteiger partial charge in [0.2, 0.25) is 0 Å². The van der Waals surface area contributed by atoms with Gasteiger partial charge >= 0.3 is 5.97 Å². The number of phenolic OH excluding ortho intramolecular Hbond substituents is 1. The minimum absolute atomic E-state index is 0.0889. The van der Waals surface area contributed by atoms with E-state index in [4.69, 9.17) is 5.11 Å². The summed E-state index contributed by atoms with van der Waals surface area (Å²) in [5.41, 5.74) is 1.94. The minimum atomic E-state index is -0.789. The fourth-order valence-corrected chi connectivity index (χ4v) is 2.10. The van der Waals surface area contributed by atoms with E-state index < -0.39 is 5.97 Å². The smallest absolute Gasteiger partial charge is 0.303 e. The number of carboxylic acid groups (broad SMARTS) is 1. The highest BCUT2D eigenvalue weighted by Crippen LogP contribution is 2.35. The first-order valence-electron chi connectivity index (χ1n) is 5.93. The van der Waals surface area contributed by atoms with Crippen LogP contribution in [0.5, 0.6) is 5.75 Å².